The number of ether oxygens (including phenoxy) is 2. The van der Waals surface area contributed by atoms with Crippen molar-refractivity contribution >= 4 is 11.8 Å². The van der Waals surface area contributed by atoms with E-state index in [1.54, 1.807) is 11.8 Å². The van der Waals surface area contributed by atoms with Crippen LogP contribution in [-0.4, -0.2) is 23.6 Å². The van der Waals surface area contributed by atoms with Gasteiger partial charge in [0.05, 0.1) is 12.2 Å². The van der Waals surface area contributed by atoms with Gasteiger partial charge < -0.3 is 9.47 Å². The number of aromatic nitrogens is 1. The number of fused-ring (bicyclic) bond motifs is 3. The normalized spacial score (nSPS) is 17.9. The quantitative estimate of drug-likeness (QED) is 0.308. The summed E-state index contributed by atoms with van der Waals surface area (Å²) >= 11 is 1.77. The van der Waals surface area contributed by atoms with Crippen molar-refractivity contribution in [1.82, 2.24) is 4.98 Å². The van der Waals surface area contributed by atoms with E-state index in [4.69, 9.17) is 9.47 Å². The van der Waals surface area contributed by atoms with Gasteiger partial charge in [0, 0.05) is 22.9 Å². The summed E-state index contributed by atoms with van der Waals surface area (Å²) in [5.74, 6) is 2.48. The van der Waals surface area contributed by atoms with E-state index < -0.39 is 11.6 Å². The largest absolute Gasteiger partial charge is 0.489 e. The van der Waals surface area contributed by atoms with E-state index in [2.05, 4.69) is 17.3 Å². The van der Waals surface area contributed by atoms with Gasteiger partial charge in [0.1, 0.15) is 24.0 Å². The Morgan fingerprint density at radius 1 is 1.09 bits per heavy atom. The number of pyridine rings is 1. The van der Waals surface area contributed by atoms with Gasteiger partial charge in [-0.05, 0) is 97.9 Å². The molecule has 5 rings (SSSR count). The Hall–Kier alpha value is -2.60. The molecule has 0 spiro atoms. The minimum atomic E-state index is -0.610. The summed E-state index contributed by atoms with van der Waals surface area (Å²) < 4.78 is 41.8. The van der Waals surface area contributed by atoms with E-state index in [1.165, 1.54) is 29.7 Å². The molecule has 0 aliphatic heterocycles. The molecule has 0 N–H and O–H groups in total. The van der Waals surface area contributed by atoms with Crippen LogP contribution in [-0.2, 0) is 13.0 Å². The monoisotopic (exact) mass is 481 g/mol. The Labute approximate surface area is 203 Å². The summed E-state index contributed by atoms with van der Waals surface area (Å²) in [6, 6.07) is 10.6. The molecule has 2 unspecified atom stereocenters. The third-order valence-electron chi connectivity index (χ3n) is 6.87. The number of hydrogen-bond acceptors (Lipinski definition) is 4. The fraction of sp³-hybridized carbons (Fsp3) is 0.393. The molecule has 1 saturated carbocycles. The first-order chi connectivity index (χ1) is 16.5. The fourth-order valence-electron chi connectivity index (χ4n) is 5.08. The van der Waals surface area contributed by atoms with Crippen LogP contribution in [0.2, 0.25) is 0 Å². The third kappa shape index (κ3) is 4.52. The molecule has 2 atom stereocenters. The molecule has 1 fully saturated rings. The van der Waals surface area contributed by atoms with Crippen LogP contribution in [0.15, 0.2) is 36.4 Å². The Bertz CT molecular complexity index is 1210. The minimum absolute atomic E-state index is 0.0722. The van der Waals surface area contributed by atoms with Gasteiger partial charge in [-0.25, -0.2) is 13.8 Å². The standard InChI is InChI=1S/C28H29F2NO2S/c1-16-11-26(32-9-4-10-34-3)31-17(2)27(16)22-7-8-25(29)24(28(22)30)15-33-20-5-6-21-18(13-20)12-19-14-23(19)21/h5-8,11,13,19,23H,4,9-10,12,14-15H2,1-3H3. The molecule has 178 valence electrons. The summed E-state index contributed by atoms with van der Waals surface area (Å²) in [6.07, 6.45) is 5.36. The summed E-state index contributed by atoms with van der Waals surface area (Å²) in [6.45, 7) is 4.14. The molecular formula is C28H29F2NO2S. The van der Waals surface area contributed by atoms with Crippen LogP contribution in [0.1, 0.15) is 46.7 Å². The van der Waals surface area contributed by atoms with Gasteiger partial charge in [-0.15, -0.1) is 0 Å². The number of thioether (sulfide) groups is 1. The number of benzene rings is 2. The second kappa shape index (κ2) is 9.57. The average molecular weight is 482 g/mol. The van der Waals surface area contributed by atoms with E-state index in [1.807, 2.05) is 32.0 Å². The molecule has 1 aromatic heterocycles. The topological polar surface area (TPSA) is 31.4 Å². The second-order valence-electron chi connectivity index (χ2n) is 9.28. The van der Waals surface area contributed by atoms with Crippen LogP contribution in [0.3, 0.4) is 0 Å². The lowest BCUT2D eigenvalue weighted by molar-refractivity contribution is 0.292. The zero-order valence-electron chi connectivity index (χ0n) is 19.8. The first kappa shape index (κ1) is 23.2. The van der Waals surface area contributed by atoms with Crippen LogP contribution < -0.4 is 9.47 Å². The highest BCUT2D eigenvalue weighted by Gasteiger charge is 2.44. The summed E-state index contributed by atoms with van der Waals surface area (Å²) in [5.41, 5.74) is 5.11. The maximum absolute atomic E-state index is 15.6. The van der Waals surface area contributed by atoms with Crippen molar-refractivity contribution in [3.05, 3.63) is 76.0 Å². The number of rotatable bonds is 9. The third-order valence-corrected chi connectivity index (χ3v) is 7.57. The Kier molecular flexibility index (Phi) is 6.52. The molecule has 3 aromatic rings. The highest BCUT2D eigenvalue weighted by atomic mass is 32.2. The second-order valence-corrected chi connectivity index (χ2v) is 10.3. The number of nitrogens with zero attached hydrogens (tertiary/aromatic N) is 1. The summed E-state index contributed by atoms with van der Waals surface area (Å²) in [7, 11) is 0. The molecule has 0 radical (unpaired) electrons. The van der Waals surface area contributed by atoms with Gasteiger partial charge in [0.25, 0.3) is 0 Å². The molecule has 0 saturated heterocycles. The SMILES string of the molecule is CSCCCOc1cc(C)c(-c2ccc(F)c(COc3ccc4c(c3)CC3CC43)c2F)c(C)n1. The van der Waals surface area contributed by atoms with Gasteiger partial charge in [-0.3, -0.25) is 0 Å². The lowest BCUT2D eigenvalue weighted by atomic mass is 9.97. The van der Waals surface area contributed by atoms with Crippen molar-refractivity contribution in [2.24, 2.45) is 5.92 Å². The molecule has 1 heterocycles. The number of hydrogen-bond donors (Lipinski definition) is 0. The zero-order valence-corrected chi connectivity index (χ0v) is 20.6. The highest BCUT2D eigenvalue weighted by molar-refractivity contribution is 7.98. The van der Waals surface area contributed by atoms with Gasteiger partial charge in [0.15, 0.2) is 0 Å². The molecule has 2 aliphatic rings. The van der Waals surface area contributed by atoms with Crippen molar-refractivity contribution in [1.29, 1.82) is 0 Å². The molecule has 3 nitrogen and oxygen atoms in total. The number of aryl methyl sites for hydroxylation is 2. The van der Waals surface area contributed by atoms with Crippen LogP contribution in [0.4, 0.5) is 8.78 Å². The van der Waals surface area contributed by atoms with Crippen molar-refractivity contribution in [3.8, 4) is 22.8 Å². The zero-order chi connectivity index (χ0) is 23.8. The number of halogens is 2. The van der Waals surface area contributed by atoms with Gasteiger partial charge in [-0.1, -0.05) is 6.07 Å². The fourth-order valence-corrected chi connectivity index (χ4v) is 5.49. The molecule has 0 bridgehead atoms. The van der Waals surface area contributed by atoms with Crippen LogP contribution >= 0.6 is 11.8 Å². The molecule has 34 heavy (non-hydrogen) atoms. The minimum Gasteiger partial charge on any atom is -0.489 e. The van der Waals surface area contributed by atoms with Crippen LogP contribution in [0, 0.1) is 31.4 Å². The van der Waals surface area contributed by atoms with Crippen molar-refractivity contribution in [2.45, 2.75) is 45.6 Å². The maximum atomic E-state index is 15.6. The van der Waals surface area contributed by atoms with Gasteiger partial charge in [0.2, 0.25) is 5.88 Å². The molecule has 0 amide bonds. The lowest BCUT2D eigenvalue weighted by Gasteiger charge is -2.16. The Morgan fingerprint density at radius 3 is 2.74 bits per heavy atom. The van der Waals surface area contributed by atoms with Crippen molar-refractivity contribution in [3.63, 3.8) is 0 Å². The summed E-state index contributed by atoms with van der Waals surface area (Å²) in [4.78, 5) is 4.52. The lowest BCUT2D eigenvalue weighted by Crippen LogP contribution is -2.06. The summed E-state index contributed by atoms with van der Waals surface area (Å²) in [5, 5.41) is 0. The smallest absolute Gasteiger partial charge is 0.213 e. The molecule has 2 aromatic carbocycles. The predicted octanol–water partition coefficient (Wildman–Crippen LogP) is 7.01. The Morgan fingerprint density at radius 2 is 1.94 bits per heavy atom. The predicted molar refractivity (Wildman–Crippen MR) is 133 cm³/mol. The van der Waals surface area contributed by atoms with Crippen LogP contribution in [0.5, 0.6) is 11.6 Å². The highest BCUT2D eigenvalue weighted by Crippen LogP contribution is 2.56. The molecule has 6 heteroatoms. The first-order valence-electron chi connectivity index (χ1n) is 11.8. The van der Waals surface area contributed by atoms with Crippen LogP contribution in [0.25, 0.3) is 11.1 Å². The van der Waals surface area contributed by atoms with Gasteiger partial charge >= 0.3 is 0 Å². The van der Waals surface area contributed by atoms with E-state index in [0.29, 0.717) is 41.0 Å². The van der Waals surface area contributed by atoms with E-state index in [9.17, 15) is 4.39 Å². The van der Waals surface area contributed by atoms with Crippen molar-refractivity contribution in [2.75, 3.05) is 18.6 Å². The van der Waals surface area contributed by atoms with E-state index in [-0.39, 0.29) is 12.2 Å². The van der Waals surface area contributed by atoms with E-state index >= 15 is 4.39 Å². The van der Waals surface area contributed by atoms with Gasteiger partial charge in [-0.2, -0.15) is 11.8 Å². The Balaban J connectivity index is 1.36. The van der Waals surface area contributed by atoms with Crippen molar-refractivity contribution < 1.29 is 18.3 Å². The van der Waals surface area contributed by atoms with E-state index in [0.717, 1.165) is 30.1 Å². The first-order valence-corrected chi connectivity index (χ1v) is 13.2. The molecule has 2 aliphatic carbocycles. The molecular weight excluding hydrogens is 452 g/mol. The average Bonchev–Trinajstić information content (AvgIpc) is 3.48. The maximum Gasteiger partial charge on any atom is 0.213 e.